The van der Waals surface area contributed by atoms with Crippen molar-refractivity contribution >= 4 is 5.82 Å². The number of anilines is 1. The Bertz CT molecular complexity index is 291. The van der Waals surface area contributed by atoms with E-state index in [-0.39, 0.29) is 6.10 Å². The quantitative estimate of drug-likeness (QED) is 0.737. The van der Waals surface area contributed by atoms with E-state index in [4.69, 9.17) is 0 Å². The van der Waals surface area contributed by atoms with Gasteiger partial charge in [0.05, 0.1) is 12.3 Å². The first kappa shape index (κ1) is 9.45. The van der Waals surface area contributed by atoms with E-state index in [1.54, 1.807) is 6.20 Å². The van der Waals surface area contributed by atoms with Crippen molar-refractivity contribution in [2.45, 2.75) is 32.4 Å². The Morgan fingerprint density at radius 1 is 1.50 bits per heavy atom. The molecule has 0 unspecified atom stereocenters. The highest BCUT2D eigenvalue weighted by Gasteiger charge is 2.19. The molecule has 5 nitrogen and oxygen atoms in total. The molecule has 1 aromatic rings. The third-order valence-electron chi connectivity index (χ3n) is 2.69. The van der Waals surface area contributed by atoms with Crippen LogP contribution in [-0.2, 0) is 6.54 Å². The van der Waals surface area contributed by atoms with Gasteiger partial charge in [0.15, 0.2) is 0 Å². The molecule has 78 valence electrons. The molecule has 2 rings (SSSR count). The molecule has 0 spiro atoms. The Kier molecular flexibility index (Phi) is 2.67. The van der Waals surface area contributed by atoms with Crippen molar-refractivity contribution < 1.29 is 5.11 Å². The van der Waals surface area contributed by atoms with E-state index in [0.717, 1.165) is 38.3 Å². The molecule has 0 aliphatic carbocycles. The molecule has 1 aliphatic heterocycles. The highest BCUT2D eigenvalue weighted by molar-refractivity contribution is 5.36. The summed E-state index contributed by atoms with van der Waals surface area (Å²) in [4.78, 5) is 2.23. The standard InChI is InChI=1S/C9H16N4O/c1-2-13-9(7-10-11-13)12-5-3-8(14)4-6-12/h7-8,14H,2-6H2,1H3. The van der Waals surface area contributed by atoms with E-state index >= 15 is 0 Å². The molecule has 0 radical (unpaired) electrons. The minimum absolute atomic E-state index is 0.128. The van der Waals surface area contributed by atoms with Gasteiger partial charge in [-0.1, -0.05) is 5.21 Å². The molecule has 1 saturated heterocycles. The topological polar surface area (TPSA) is 54.2 Å². The second-order valence-electron chi connectivity index (χ2n) is 3.63. The second-order valence-corrected chi connectivity index (χ2v) is 3.63. The molecule has 0 aromatic carbocycles. The van der Waals surface area contributed by atoms with Gasteiger partial charge >= 0.3 is 0 Å². The van der Waals surface area contributed by atoms with Crippen molar-refractivity contribution in [1.29, 1.82) is 0 Å². The van der Waals surface area contributed by atoms with Gasteiger partial charge in [-0.25, -0.2) is 4.68 Å². The van der Waals surface area contributed by atoms with Gasteiger partial charge in [-0.3, -0.25) is 0 Å². The third-order valence-corrected chi connectivity index (χ3v) is 2.69. The van der Waals surface area contributed by atoms with Crippen LogP contribution < -0.4 is 4.90 Å². The highest BCUT2D eigenvalue weighted by Crippen LogP contribution is 2.18. The minimum Gasteiger partial charge on any atom is -0.393 e. The number of hydrogen-bond acceptors (Lipinski definition) is 4. The summed E-state index contributed by atoms with van der Waals surface area (Å²) in [5, 5.41) is 17.3. The zero-order valence-electron chi connectivity index (χ0n) is 8.43. The molecular weight excluding hydrogens is 180 g/mol. The van der Waals surface area contributed by atoms with E-state index in [1.807, 2.05) is 4.68 Å². The largest absolute Gasteiger partial charge is 0.393 e. The molecular formula is C9H16N4O. The maximum Gasteiger partial charge on any atom is 0.147 e. The predicted octanol–water partition coefficient (Wildman–Crippen LogP) is 0.259. The third kappa shape index (κ3) is 1.72. The van der Waals surface area contributed by atoms with Crippen molar-refractivity contribution in [1.82, 2.24) is 15.0 Å². The fourth-order valence-electron chi connectivity index (χ4n) is 1.82. The van der Waals surface area contributed by atoms with Crippen molar-refractivity contribution in [3.05, 3.63) is 6.20 Å². The number of piperidine rings is 1. The summed E-state index contributed by atoms with van der Waals surface area (Å²) in [6.07, 6.45) is 3.35. The van der Waals surface area contributed by atoms with E-state index in [1.165, 1.54) is 0 Å². The normalized spacial score (nSPS) is 18.9. The Morgan fingerprint density at radius 3 is 2.86 bits per heavy atom. The smallest absolute Gasteiger partial charge is 0.147 e. The fourth-order valence-corrected chi connectivity index (χ4v) is 1.82. The summed E-state index contributed by atoms with van der Waals surface area (Å²) < 4.78 is 1.89. The summed E-state index contributed by atoms with van der Waals surface area (Å²) in [7, 11) is 0. The number of aliphatic hydroxyl groups excluding tert-OH is 1. The van der Waals surface area contributed by atoms with Crippen LogP contribution in [0.2, 0.25) is 0 Å². The van der Waals surface area contributed by atoms with Crippen molar-refractivity contribution in [3.63, 3.8) is 0 Å². The van der Waals surface area contributed by atoms with E-state index in [9.17, 15) is 5.11 Å². The van der Waals surface area contributed by atoms with Crippen LogP contribution >= 0.6 is 0 Å². The minimum atomic E-state index is -0.128. The molecule has 1 aromatic heterocycles. The van der Waals surface area contributed by atoms with Gasteiger partial charge in [0.25, 0.3) is 0 Å². The van der Waals surface area contributed by atoms with Crippen LogP contribution in [0.1, 0.15) is 19.8 Å². The predicted molar refractivity (Wildman–Crippen MR) is 53.1 cm³/mol. The molecule has 5 heteroatoms. The first-order valence-corrected chi connectivity index (χ1v) is 5.12. The van der Waals surface area contributed by atoms with E-state index in [0.29, 0.717) is 0 Å². The van der Waals surface area contributed by atoms with Crippen LogP contribution in [0.4, 0.5) is 5.82 Å². The van der Waals surface area contributed by atoms with Crippen LogP contribution in [0, 0.1) is 0 Å². The highest BCUT2D eigenvalue weighted by atomic mass is 16.3. The van der Waals surface area contributed by atoms with Crippen molar-refractivity contribution in [2.75, 3.05) is 18.0 Å². The average Bonchev–Trinajstić information content (AvgIpc) is 2.67. The molecule has 1 N–H and O–H groups in total. The van der Waals surface area contributed by atoms with Crippen molar-refractivity contribution in [3.8, 4) is 0 Å². The van der Waals surface area contributed by atoms with Gasteiger partial charge in [0.2, 0.25) is 0 Å². The summed E-state index contributed by atoms with van der Waals surface area (Å²) in [6.45, 7) is 4.69. The summed E-state index contributed by atoms with van der Waals surface area (Å²) in [5.74, 6) is 1.07. The van der Waals surface area contributed by atoms with E-state index in [2.05, 4.69) is 22.1 Å². The Labute approximate surface area is 83.3 Å². The molecule has 0 bridgehead atoms. The Morgan fingerprint density at radius 2 is 2.21 bits per heavy atom. The number of nitrogens with zero attached hydrogens (tertiary/aromatic N) is 4. The van der Waals surface area contributed by atoms with Gasteiger partial charge < -0.3 is 10.0 Å². The molecule has 0 saturated carbocycles. The Balaban J connectivity index is 2.08. The molecule has 0 atom stereocenters. The van der Waals surface area contributed by atoms with Gasteiger partial charge in [0, 0.05) is 19.6 Å². The molecule has 1 aliphatic rings. The van der Waals surface area contributed by atoms with Gasteiger partial charge in [-0.15, -0.1) is 5.10 Å². The molecule has 0 amide bonds. The number of aryl methyl sites for hydroxylation is 1. The van der Waals surface area contributed by atoms with Crippen molar-refractivity contribution in [2.24, 2.45) is 0 Å². The Hall–Kier alpha value is -1.10. The summed E-state index contributed by atoms with van der Waals surface area (Å²) in [5.41, 5.74) is 0. The molecule has 1 fully saturated rings. The second kappa shape index (κ2) is 3.96. The lowest BCUT2D eigenvalue weighted by molar-refractivity contribution is 0.145. The van der Waals surface area contributed by atoms with Crippen LogP contribution in [0.25, 0.3) is 0 Å². The molecule has 2 heterocycles. The zero-order chi connectivity index (χ0) is 9.97. The maximum atomic E-state index is 9.39. The van der Waals surface area contributed by atoms with Crippen LogP contribution in [0.3, 0.4) is 0 Å². The number of hydrogen-bond donors (Lipinski definition) is 1. The number of aromatic nitrogens is 3. The first-order valence-electron chi connectivity index (χ1n) is 5.12. The van der Waals surface area contributed by atoms with E-state index < -0.39 is 0 Å². The fraction of sp³-hybridized carbons (Fsp3) is 0.778. The SMILES string of the molecule is CCn1nncc1N1CCC(O)CC1. The maximum absolute atomic E-state index is 9.39. The van der Waals surface area contributed by atoms with Crippen LogP contribution in [0.15, 0.2) is 6.20 Å². The lowest BCUT2D eigenvalue weighted by Gasteiger charge is -2.30. The summed E-state index contributed by atoms with van der Waals surface area (Å²) >= 11 is 0. The lowest BCUT2D eigenvalue weighted by Crippen LogP contribution is -2.37. The monoisotopic (exact) mass is 196 g/mol. The zero-order valence-corrected chi connectivity index (χ0v) is 8.43. The lowest BCUT2D eigenvalue weighted by atomic mass is 10.1. The number of aliphatic hydroxyl groups is 1. The number of rotatable bonds is 2. The van der Waals surface area contributed by atoms with Crippen LogP contribution in [-0.4, -0.2) is 39.3 Å². The van der Waals surface area contributed by atoms with Gasteiger partial charge in [-0.05, 0) is 19.8 Å². The van der Waals surface area contributed by atoms with Gasteiger partial charge in [-0.2, -0.15) is 0 Å². The molecule has 14 heavy (non-hydrogen) atoms. The van der Waals surface area contributed by atoms with Gasteiger partial charge in [0.1, 0.15) is 5.82 Å². The first-order chi connectivity index (χ1) is 6.81. The van der Waals surface area contributed by atoms with Crippen LogP contribution in [0.5, 0.6) is 0 Å². The summed E-state index contributed by atoms with van der Waals surface area (Å²) in [6, 6.07) is 0. The average molecular weight is 196 g/mol.